The fourth-order valence-electron chi connectivity index (χ4n) is 3.33. The van der Waals surface area contributed by atoms with E-state index in [-0.39, 0.29) is 6.04 Å². The van der Waals surface area contributed by atoms with Gasteiger partial charge in [0.25, 0.3) is 0 Å². The van der Waals surface area contributed by atoms with Crippen LogP contribution in [0.4, 0.5) is 0 Å². The van der Waals surface area contributed by atoms with Gasteiger partial charge in [0.1, 0.15) is 0 Å². The molecular formula is C15H28N2O. The van der Waals surface area contributed by atoms with Crippen LogP contribution in [0.15, 0.2) is 0 Å². The molecule has 0 aromatic carbocycles. The zero-order valence-corrected chi connectivity index (χ0v) is 11.8. The van der Waals surface area contributed by atoms with Gasteiger partial charge in [-0.15, -0.1) is 0 Å². The third kappa shape index (κ3) is 3.47. The Labute approximate surface area is 111 Å². The highest BCUT2D eigenvalue weighted by atomic mass is 16.2. The first-order valence-corrected chi connectivity index (χ1v) is 7.86. The molecule has 1 amide bonds. The zero-order valence-electron chi connectivity index (χ0n) is 11.8. The minimum absolute atomic E-state index is 0.0949. The molecule has 18 heavy (non-hydrogen) atoms. The summed E-state index contributed by atoms with van der Waals surface area (Å²) < 4.78 is 0. The van der Waals surface area contributed by atoms with Gasteiger partial charge < -0.3 is 10.2 Å². The minimum Gasteiger partial charge on any atom is -0.338 e. The molecule has 104 valence electrons. The van der Waals surface area contributed by atoms with Crippen molar-refractivity contribution in [2.45, 2.75) is 76.8 Å². The van der Waals surface area contributed by atoms with Crippen LogP contribution in [0.25, 0.3) is 0 Å². The van der Waals surface area contributed by atoms with Crippen LogP contribution >= 0.6 is 0 Å². The Morgan fingerprint density at radius 2 is 1.89 bits per heavy atom. The van der Waals surface area contributed by atoms with Crippen molar-refractivity contribution in [3.05, 3.63) is 0 Å². The van der Waals surface area contributed by atoms with E-state index < -0.39 is 0 Å². The maximum atomic E-state index is 12.7. The summed E-state index contributed by atoms with van der Waals surface area (Å²) >= 11 is 0. The molecule has 0 saturated carbocycles. The number of hydrogen-bond donors (Lipinski definition) is 1. The number of carbonyl (C=O) groups excluding carboxylic acids is 1. The number of rotatable bonds is 2. The van der Waals surface area contributed by atoms with Crippen LogP contribution in [-0.4, -0.2) is 36.0 Å². The highest BCUT2D eigenvalue weighted by molar-refractivity contribution is 5.82. The number of nitrogens with one attached hydrogen (secondary N) is 1. The Morgan fingerprint density at radius 3 is 2.72 bits per heavy atom. The summed E-state index contributed by atoms with van der Waals surface area (Å²) in [5.74, 6) is 0.378. The smallest absolute Gasteiger partial charge is 0.239 e. The second kappa shape index (κ2) is 7.13. The first-order chi connectivity index (χ1) is 8.83. The number of carbonyl (C=O) groups is 1. The second-order valence-electron chi connectivity index (χ2n) is 5.80. The number of likely N-dealkylation sites (tertiary alicyclic amines) is 1. The molecule has 1 N–H and O–H groups in total. The lowest BCUT2D eigenvalue weighted by Crippen LogP contribution is -2.52. The van der Waals surface area contributed by atoms with Gasteiger partial charge >= 0.3 is 0 Å². The third-order valence-electron chi connectivity index (χ3n) is 4.49. The fourth-order valence-corrected chi connectivity index (χ4v) is 3.33. The lowest BCUT2D eigenvalue weighted by molar-refractivity contribution is -0.137. The summed E-state index contributed by atoms with van der Waals surface area (Å²) in [6.45, 7) is 4.21. The average Bonchev–Trinajstić information content (AvgIpc) is 2.37. The molecule has 2 aliphatic heterocycles. The molecule has 2 fully saturated rings. The molecule has 2 saturated heterocycles. The Morgan fingerprint density at radius 1 is 1.11 bits per heavy atom. The lowest BCUT2D eigenvalue weighted by Gasteiger charge is -2.38. The van der Waals surface area contributed by atoms with Crippen molar-refractivity contribution in [3.8, 4) is 0 Å². The molecule has 2 rings (SSSR count). The average molecular weight is 252 g/mol. The summed E-state index contributed by atoms with van der Waals surface area (Å²) in [4.78, 5) is 14.8. The van der Waals surface area contributed by atoms with Crippen LogP contribution in [0.2, 0.25) is 0 Å². The zero-order chi connectivity index (χ0) is 12.8. The van der Waals surface area contributed by atoms with Crippen molar-refractivity contribution in [2.75, 3.05) is 13.1 Å². The molecule has 2 unspecified atom stereocenters. The van der Waals surface area contributed by atoms with Crippen molar-refractivity contribution in [3.63, 3.8) is 0 Å². The molecule has 2 aliphatic rings. The van der Waals surface area contributed by atoms with E-state index in [0.29, 0.717) is 11.9 Å². The summed E-state index contributed by atoms with van der Waals surface area (Å²) in [7, 11) is 0. The third-order valence-corrected chi connectivity index (χ3v) is 4.49. The maximum absolute atomic E-state index is 12.7. The number of nitrogens with zero attached hydrogens (tertiary/aromatic N) is 1. The van der Waals surface area contributed by atoms with E-state index in [1.54, 1.807) is 0 Å². The first kappa shape index (κ1) is 13.9. The van der Waals surface area contributed by atoms with E-state index in [4.69, 9.17) is 0 Å². The number of amides is 1. The molecule has 3 heteroatoms. The molecule has 2 heterocycles. The van der Waals surface area contributed by atoms with Gasteiger partial charge in [-0.05, 0) is 45.1 Å². The lowest BCUT2D eigenvalue weighted by atomic mass is 9.97. The SMILES string of the molecule is CCC1CCCCN1C(=O)C1CCCCCCN1. The van der Waals surface area contributed by atoms with Crippen LogP contribution < -0.4 is 5.32 Å². The van der Waals surface area contributed by atoms with Gasteiger partial charge in [0.15, 0.2) is 0 Å². The Kier molecular flexibility index (Phi) is 5.48. The monoisotopic (exact) mass is 252 g/mol. The van der Waals surface area contributed by atoms with Gasteiger partial charge in [0.2, 0.25) is 5.91 Å². The van der Waals surface area contributed by atoms with E-state index in [1.807, 2.05) is 0 Å². The van der Waals surface area contributed by atoms with Crippen molar-refractivity contribution >= 4 is 5.91 Å². The van der Waals surface area contributed by atoms with Crippen LogP contribution in [-0.2, 0) is 4.79 Å². The van der Waals surface area contributed by atoms with Gasteiger partial charge in [-0.2, -0.15) is 0 Å². The minimum atomic E-state index is 0.0949. The summed E-state index contributed by atoms with van der Waals surface area (Å²) in [5.41, 5.74) is 0. The second-order valence-corrected chi connectivity index (χ2v) is 5.80. The van der Waals surface area contributed by atoms with E-state index in [2.05, 4.69) is 17.1 Å². The highest BCUT2D eigenvalue weighted by Crippen LogP contribution is 2.21. The normalized spacial score (nSPS) is 30.6. The highest BCUT2D eigenvalue weighted by Gasteiger charge is 2.30. The van der Waals surface area contributed by atoms with Crippen molar-refractivity contribution in [1.29, 1.82) is 0 Å². The fraction of sp³-hybridized carbons (Fsp3) is 0.933. The van der Waals surface area contributed by atoms with Crippen LogP contribution in [0.3, 0.4) is 0 Å². The molecule has 0 radical (unpaired) electrons. The predicted octanol–water partition coefficient (Wildman–Crippen LogP) is 2.70. The maximum Gasteiger partial charge on any atom is 0.239 e. The first-order valence-electron chi connectivity index (χ1n) is 7.86. The molecule has 0 spiro atoms. The van der Waals surface area contributed by atoms with Gasteiger partial charge in [-0.3, -0.25) is 4.79 Å². The summed E-state index contributed by atoms with van der Waals surface area (Å²) in [6.07, 6.45) is 10.9. The topological polar surface area (TPSA) is 32.3 Å². The van der Waals surface area contributed by atoms with Crippen LogP contribution in [0.5, 0.6) is 0 Å². The van der Waals surface area contributed by atoms with Gasteiger partial charge in [0.05, 0.1) is 6.04 Å². The van der Waals surface area contributed by atoms with Gasteiger partial charge in [-0.1, -0.05) is 26.2 Å². The molecule has 0 aliphatic carbocycles. The summed E-state index contributed by atoms with van der Waals surface area (Å²) in [6, 6.07) is 0.593. The van der Waals surface area contributed by atoms with Crippen molar-refractivity contribution < 1.29 is 4.79 Å². The van der Waals surface area contributed by atoms with Crippen LogP contribution in [0.1, 0.15) is 64.7 Å². The molecular weight excluding hydrogens is 224 g/mol. The van der Waals surface area contributed by atoms with E-state index >= 15 is 0 Å². The Bertz CT molecular complexity index is 259. The van der Waals surface area contributed by atoms with E-state index in [9.17, 15) is 4.79 Å². The van der Waals surface area contributed by atoms with Gasteiger partial charge in [-0.25, -0.2) is 0 Å². The molecule has 0 bridgehead atoms. The summed E-state index contributed by atoms with van der Waals surface area (Å²) in [5, 5.41) is 3.47. The molecule has 0 aromatic heterocycles. The standard InChI is InChI=1S/C15H28N2O/c1-2-13-9-6-8-12-17(13)15(18)14-10-5-3-4-7-11-16-14/h13-14,16H,2-12H2,1H3. The predicted molar refractivity (Wildman–Crippen MR) is 74.5 cm³/mol. The van der Waals surface area contributed by atoms with Crippen molar-refractivity contribution in [1.82, 2.24) is 10.2 Å². The number of hydrogen-bond acceptors (Lipinski definition) is 2. The largest absolute Gasteiger partial charge is 0.338 e. The molecule has 0 aromatic rings. The van der Waals surface area contributed by atoms with Crippen molar-refractivity contribution in [2.24, 2.45) is 0 Å². The Balaban J connectivity index is 1.94. The quantitative estimate of drug-likeness (QED) is 0.819. The molecule has 2 atom stereocenters. The van der Waals surface area contributed by atoms with Crippen LogP contribution in [0, 0.1) is 0 Å². The van der Waals surface area contributed by atoms with Gasteiger partial charge in [0, 0.05) is 12.6 Å². The van der Waals surface area contributed by atoms with E-state index in [1.165, 1.54) is 44.9 Å². The Hall–Kier alpha value is -0.570. The molecule has 3 nitrogen and oxygen atoms in total. The van der Waals surface area contributed by atoms with E-state index in [0.717, 1.165) is 25.9 Å². The number of piperidine rings is 1.